The third kappa shape index (κ3) is 3.41. The van der Waals surface area contributed by atoms with Gasteiger partial charge in [-0.05, 0) is 51.7 Å². The van der Waals surface area contributed by atoms with Crippen LogP contribution < -0.4 is 5.32 Å². The van der Waals surface area contributed by atoms with Gasteiger partial charge in [-0.25, -0.2) is 8.42 Å². The lowest BCUT2D eigenvalue weighted by molar-refractivity contribution is 0.0995. The van der Waals surface area contributed by atoms with E-state index in [0.29, 0.717) is 13.1 Å². The largest absolute Gasteiger partial charge is 0.455 e. The molecular weight excluding hydrogens is 352 g/mol. The minimum atomic E-state index is -3.62. The van der Waals surface area contributed by atoms with Crippen molar-refractivity contribution in [2.24, 2.45) is 0 Å². The van der Waals surface area contributed by atoms with Crippen LogP contribution in [0, 0.1) is 27.7 Å². The fourth-order valence-electron chi connectivity index (χ4n) is 3.45. The molecule has 1 fully saturated rings. The highest BCUT2D eigenvalue weighted by molar-refractivity contribution is 7.89. The van der Waals surface area contributed by atoms with Crippen molar-refractivity contribution < 1.29 is 17.6 Å². The average molecular weight is 376 g/mol. The topological polar surface area (TPSA) is 79.6 Å². The van der Waals surface area contributed by atoms with Crippen molar-refractivity contribution in [2.75, 3.05) is 18.4 Å². The molecule has 0 spiro atoms. The summed E-state index contributed by atoms with van der Waals surface area (Å²) in [7, 11) is -3.62. The van der Waals surface area contributed by atoms with E-state index in [1.807, 2.05) is 32.9 Å². The molecular formula is C19H24N2O4S. The molecule has 0 radical (unpaired) electrons. The zero-order valence-corrected chi connectivity index (χ0v) is 16.4. The number of furan rings is 1. The lowest BCUT2D eigenvalue weighted by atomic mass is 10.1. The minimum absolute atomic E-state index is 0.000327. The van der Waals surface area contributed by atoms with Gasteiger partial charge in [0.15, 0.2) is 5.76 Å². The van der Waals surface area contributed by atoms with Crippen LogP contribution in [-0.2, 0) is 10.0 Å². The summed E-state index contributed by atoms with van der Waals surface area (Å²) >= 11 is 0. The van der Waals surface area contributed by atoms with Gasteiger partial charge in [-0.1, -0.05) is 17.7 Å². The van der Waals surface area contributed by atoms with Crippen molar-refractivity contribution >= 4 is 21.6 Å². The van der Waals surface area contributed by atoms with E-state index in [-0.39, 0.29) is 16.4 Å². The smallest absolute Gasteiger partial charge is 0.291 e. The average Bonchev–Trinajstić information content (AvgIpc) is 3.20. The maximum Gasteiger partial charge on any atom is 0.291 e. The minimum Gasteiger partial charge on any atom is -0.455 e. The van der Waals surface area contributed by atoms with Crippen LogP contribution in [0.5, 0.6) is 0 Å². The van der Waals surface area contributed by atoms with Crippen molar-refractivity contribution in [2.45, 2.75) is 45.4 Å². The summed E-state index contributed by atoms with van der Waals surface area (Å²) in [5.74, 6) is -0.218. The van der Waals surface area contributed by atoms with Gasteiger partial charge in [-0.2, -0.15) is 4.31 Å². The predicted molar refractivity (Wildman–Crippen MR) is 100 cm³/mol. The molecule has 2 aromatic rings. The van der Waals surface area contributed by atoms with E-state index in [1.165, 1.54) is 10.4 Å². The number of benzene rings is 1. The molecule has 0 unspecified atom stereocenters. The second-order valence-corrected chi connectivity index (χ2v) is 8.78. The highest BCUT2D eigenvalue weighted by Gasteiger charge is 2.31. The molecule has 1 aliphatic heterocycles. The molecule has 1 saturated heterocycles. The molecule has 140 valence electrons. The van der Waals surface area contributed by atoms with Crippen LogP contribution >= 0.6 is 0 Å². The highest BCUT2D eigenvalue weighted by Crippen LogP contribution is 2.28. The summed E-state index contributed by atoms with van der Waals surface area (Å²) < 4.78 is 32.4. The number of aryl methyl sites for hydroxylation is 4. The van der Waals surface area contributed by atoms with E-state index in [4.69, 9.17) is 4.42 Å². The fourth-order valence-corrected chi connectivity index (χ4v) is 5.13. The van der Waals surface area contributed by atoms with Gasteiger partial charge in [0.1, 0.15) is 10.7 Å². The summed E-state index contributed by atoms with van der Waals surface area (Å²) in [4.78, 5) is 12.7. The van der Waals surface area contributed by atoms with E-state index in [1.54, 1.807) is 6.92 Å². The molecule has 1 aromatic carbocycles. The van der Waals surface area contributed by atoms with Crippen LogP contribution in [0.3, 0.4) is 0 Å². The molecule has 26 heavy (non-hydrogen) atoms. The van der Waals surface area contributed by atoms with Crippen LogP contribution in [0.2, 0.25) is 0 Å². The molecule has 1 aromatic heterocycles. The second-order valence-electron chi connectivity index (χ2n) is 6.87. The predicted octanol–water partition coefficient (Wildman–Crippen LogP) is 3.55. The molecule has 0 saturated carbocycles. The molecule has 1 N–H and O–H groups in total. The summed E-state index contributed by atoms with van der Waals surface area (Å²) in [6.45, 7) is 8.43. The normalized spacial score (nSPS) is 15.4. The Morgan fingerprint density at radius 2 is 1.62 bits per heavy atom. The molecule has 6 nitrogen and oxygen atoms in total. The maximum atomic E-state index is 12.7. The summed E-state index contributed by atoms with van der Waals surface area (Å²) in [6.07, 6.45) is 1.71. The molecule has 2 heterocycles. The van der Waals surface area contributed by atoms with Gasteiger partial charge in [0, 0.05) is 24.8 Å². The summed E-state index contributed by atoms with van der Waals surface area (Å²) in [5, 5.41) is 2.84. The number of carbonyl (C=O) groups excluding carboxylic acids is 1. The lowest BCUT2D eigenvalue weighted by Gasteiger charge is -2.14. The maximum absolute atomic E-state index is 12.7. The zero-order valence-electron chi connectivity index (χ0n) is 15.5. The quantitative estimate of drug-likeness (QED) is 0.885. The van der Waals surface area contributed by atoms with Crippen molar-refractivity contribution in [3.05, 3.63) is 46.4 Å². The first-order chi connectivity index (χ1) is 12.2. The second kappa shape index (κ2) is 6.89. The number of anilines is 1. The van der Waals surface area contributed by atoms with Gasteiger partial charge in [-0.3, -0.25) is 4.79 Å². The van der Waals surface area contributed by atoms with Crippen molar-refractivity contribution in [1.82, 2.24) is 4.31 Å². The molecule has 7 heteroatoms. The van der Waals surface area contributed by atoms with Crippen LogP contribution in [0.15, 0.2) is 27.5 Å². The molecule has 1 amide bonds. The Morgan fingerprint density at radius 3 is 2.19 bits per heavy atom. The Hall–Kier alpha value is -2.12. The van der Waals surface area contributed by atoms with Gasteiger partial charge in [0.05, 0.1) is 0 Å². The highest BCUT2D eigenvalue weighted by atomic mass is 32.2. The third-order valence-corrected chi connectivity index (χ3v) is 6.70. The lowest BCUT2D eigenvalue weighted by Crippen LogP contribution is -2.28. The molecule has 1 aliphatic rings. The molecule has 0 atom stereocenters. The Balaban J connectivity index is 1.88. The van der Waals surface area contributed by atoms with E-state index in [2.05, 4.69) is 5.32 Å². The number of sulfonamides is 1. The zero-order chi connectivity index (χ0) is 19.1. The summed E-state index contributed by atoms with van der Waals surface area (Å²) in [5.41, 5.74) is 3.73. The van der Waals surface area contributed by atoms with E-state index >= 15 is 0 Å². The van der Waals surface area contributed by atoms with Crippen LogP contribution in [0.4, 0.5) is 5.69 Å². The Morgan fingerprint density at radius 1 is 1.04 bits per heavy atom. The first-order valence-corrected chi connectivity index (χ1v) is 10.1. The van der Waals surface area contributed by atoms with Crippen LogP contribution in [-0.4, -0.2) is 31.7 Å². The number of carbonyl (C=O) groups is 1. The van der Waals surface area contributed by atoms with Crippen LogP contribution in [0.1, 0.15) is 45.8 Å². The SMILES string of the molecule is Cc1cc(C)c(NC(=O)c2cc(S(=O)(=O)N3CCCC3)c(C)o2)c(C)c1. The standard InChI is InChI=1S/C19H24N2O4S/c1-12-9-13(2)18(14(3)10-12)20-19(22)16-11-17(15(4)25-16)26(23,24)21-7-5-6-8-21/h9-11H,5-8H2,1-4H3,(H,20,22). The number of nitrogens with zero attached hydrogens (tertiary/aromatic N) is 1. The Labute approximate surface area is 154 Å². The van der Waals surface area contributed by atoms with Gasteiger partial charge in [0.2, 0.25) is 10.0 Å². The fraction of sp³-hybridized carbons (Fsp3) is 0.421. The first kappa shape index (κ1) is 18.7. The molecule has 0 bridgehead atoms. The molecule has 0 aliphatic carbocycles. The van der Waals surface area contributed by atoms with Gasteiger partial charge < -0.3 is 9.73 Å². The Kier molecular flexibility index (Phi) is 4.94. The number of rotatable bonds is 4. The van der Waals surface area contributed by atoms with E-state index in [9.17, 15) is 13.2 Å². The van der Waals surface area contributed by atoms with Gasteiger partial charge in [0.25, 0.3) is 5.91 Å². The van der Waals surface area contributed by atoms with Gasteiger partial charge >= 0.3 is 0 Å². The number of nitrogens with one attached hydrogen (secondary N) is 1. The van der Waals surface area contributed by atoms with Crippen molar-refractivity contribution in [3.8, 4) is 0 Å². The molecule has 3 rings (SSSR count). The third-order valence-electron chi connectivity index (χ3n) is 4.69. The number of hydrogen-bond donors (Lipinski definition) is 1. The first-order valence-electron chi connectivity index (χ1n) is 8.70. The number of hydrogen-bond acceptors (Lipinski definition) is 4. The number of amides is 1. The van der Waals surface area contributed by atoms with E-state index < -0.39 is 15.9 Å². The van der Waals surface area contributed by atoms with Crippen molar-refractivity contribution in [3.63, 3.8) is 0 Å². The summed E-state index contributed by atoms with van der Waals surface area (Å²) in [6, 6.07) is 5.30. The van der Waals surface area contributed by atoms with Crippen LogP contribution in [0.25, 0.3) is 0 Å². The van der Waals surface area contributed by atoms with Crippen molar-refractivity contribution in [1.29, 1.82) is 0 Å². The monoisotopic (exact) mass is 376 g/mol. The Bertz CT molecular complexity index is 931. The van der Waals surface area contributed by atoms with Gasteiger partial charge in [-0.15, -0.1) is 0 Å². The van der Waals surface area contributed by atoms with E-state index in [0.717, 1.165) is 35.2 Å².